The van der Waals surface area contributed by atoms with Gasteiger partial charge in [0.15, 0.2) is 9.84 Å². The Hall–Kier alpha value is -0.380. The maximum Gasteiger partial charge on any atom is 0.153 e. The first-order chi connectivity index (χ1) is 4.58. The Morgan fingerprint density at radius 1 is 1.50 bits per heavy atom. The zero-order valence-corrected chi connectivity index (χ0v) is 6.60. The lowest BCUT2D eigenvalue weighted by Crippen LogP contribution is -2.18. The number of sulfone groups is 1. The lowest BCUT2D eigenvalue weighted by molar-refractivity contribution is -0.110. The Bertz CT molecular complexity index is 229. The Labute approximate surface area is 60.3 Å². The maximum absolute atomic E-state index is 11.0. The fraction of sp³-hybridized carbons (Fsp3) is 0.833. The highest BCUT2D eigenvalue weighted by Crippen LogP contribution is 2.24. The minimum atomic E-state index is -2.92. The molecule has 1 heterocycles. The van der Waals surface area contributed by atoms with E-state index in [1.54, 1.807) is 6.92 Å². The van der Waals surface area contributed by atoms with Gasteiger partial charge in [-0.15, -0.1) is 0 Å². The van der Waals surface area contributed by atoms with Crippen molar-refractivity contribution >= 4 is 16.1 Å². The van der Waals surface area contributed by atoms with Crippen molar-refractivity contribution in [3.05, 3.63) is 0 Å². The van der Waals surface area contributed by atoms with Crippen molar-refractivity contribution in [1.82, 2.24) is 0 Å². The van der Waals surface area contributed by atoms with Crippen LogP contribution >= 0.6 is 0 Å². The van der Waals surface area contributed by atoms with E-state index in [4.69, 9.17) is 0 Å². The smallest absolute Gasteiger partial charge is 0.153 e. The van der Waals surface area contributed by atoms with Crippen LogP contribution in [0.25, 0.3) is 0 Å². The fourth-order valence-electron chi connectivity index (χ4n) is 1.17. The van der Waals surface area contributed by atoms with Crippen LogP contribution in [0.1, 0.15) is 13.3 Å². The van der Waals surface area contributed by atoms with E-state index in [1.807, 2.05) is 0 Å². The third-order valence-corrected chi connectivity index (χ3v) is 4.37. The highest BCUT2D eigenvalue weighted by atomic mass is 32.2. The van der Waals surface area contributed by atoms with Crippen molar-refractivity contribution in [3.8, 4) is 0 Å². The average Bonchev–Trinajstić information content (AvgIpc) is 2.10. The predicted octanol–water partition coefficient (Wildman–Crippen LogP) is 0.00850. The van der Waals surface area contributed by atoms with Gasteiger partial charge in [-0.2, -0.15) is 0 Å². The maximum atomic E-state index is 11.0. The van der Waals surface area contributed by atoms with Crippen molar-refractivity contribution < 1.29 is 13.2 Å². The Morgan fingerprint density at radius 3 is 2.30 bits per heavy atom. The summed E-state index contributed by atoms with van der Waals surface area (Å²) in [5.74, 6) is -0.0811. The Kier molecular flexibility index (Phi) is 1.81. The van der Waals surface area contributed by atoms with Gasteiger partial charge in [0, 0.05) is 5.92 Å². The summed E-state index contributed by atoms with van der Waals surface area (Å²) in [5.41, 5.74) is 0. The van der Waals surface area contributed by atoms with E-state index >= 15 is 0 Å². The van der Waals surface area contributed by atoms with Crippen LogP contribution in [0.5, 0.6) is 0 Å². The Balaban J connectivity index is 2.87. The molecule has 1 aliphatic heterocycles. The van der Waals surface area contributed by atoms with E-state index in [9.17, 15) is 13.2 Å². The molecule has 0 radical (unpaired) electrons. The molecule has 2 unspecified atom stereocenters. The number of hydrogen-bond donors (Lipinski definition) is 0. The van der Waals surface area contributed by atoms with Crippen LogP contribution in [0, 0.1) is 5.92 Å². The van der Waals surface area contributed by atoms with Gasteiger partial charge in [0.1, 0.15) is 6.29 Å². The molecule has 0 bridgehead atoms. The van der Waals surface area contributed by atoms with Gasteiger partial charge in [0.05, 0.1) is 11.0 Å². The molecule has 0 amide bonds. The van der Waals surface area contributed by atoms with E-state index in [-0.39, 0.29) is 11.7 Å². The molecule has 0 N–H and O–H groups in total. The molecular formula is C6H10O3S. The van der Waals surface area contributed by atoms with Gasteiger partial charge >= 0.3 is 0 Å². The molecule has 0 saturated carbocycles. The molecule has 0 spiro atoms. The molecule has 0 aromatic carbocycles. The summed E-state index contributed by atoms with van der Waals surface area (Å²) in [5, 5.41) is -0.454. The van der Waals surface area contributed by atoms with E-state index < -0.39 is 15.1 Å². The molecule has 3 nitrogen and oxygen atoms in total. The number of aldehydes is 1. The van der Waals surface area contributed by atoms with Crippen LogP contribution in [-0.2, 0) is 14.6 Å². The third kappa shape index (κ3) is 1.08. The second kappa shape index (κ2) is 2.34. The molecule has 1 saturated heterocycles. The summed E-state index contributed by atoms with van der Waals surface area (Å²) in [6, 6.07) is 0. The van der Waals surface area contributed by atoms with E-state index in [0.29, 0.717) is 6.42 Å². The molecule has 1 rings (SSSR count). The molecule has 0 aromatic rings. The molecule has 0 aromatic heterocycles. The van der Waals surface area contributed by atoms with E-state index in [0.717, 1.165) is 6.29 Å². The molecule has 2 atom stereocenters. The molecule has 1 fully saturated rings. The van der Waals surface area contributed by atoms with Crippen molar-refractivity contribution in [2.75, 3.05) is 5.75 Å². The van der Waals surface area contributed by atoms with Crippen LogP contribution in [0.15, 0.2) is 0 Å². The second-order valence-electron chi connectivity index (χ2n) is 2.66. The zero-order valence-electron chi connectivity index (χ0n) is 5.78. The summed E-state index contributed by atoms with van der Waals surface area (Å²) in [6.07, 6.45) is 1.25. The average molecular weight is 162 g/mol. The van der Waals surface area contributed by atoms with Crippen molar-refractivity contribution in [3.63, 3.8) is 0 Å². The predicted molar refractivity (Wildman–Crippen MR) is 37.4 cm³/mol. The van der Waals surface area contributed by atoms with Crippen LogP contribution in [-0.4, -0.2) is 25.7 Å². The zero-order chi connectivity index (χ0) is 7.78. The van der Waals surface area contributed by atoms with Crippen LogP contribution in [0.3, 0.4) is 0 Å². The number of carbonyl (C=O) groups is 1. The molecular weight excluding hydrogens is 152 g/mol. The van der Waals surface area contributed by atoms with Gasteiger partial charge in [0.25, 0.3) is 0 Å². The Morgan fingerprint density at radius 2 is 2.10 bits per heavy atom. The summed E-state index contributed by atoms with van der Waals surface area (Å²) >= 11 is 0. The largest absolute Gasteiger partial charge is 0.303 e. The SMILES string of the molecule is CC1C(C=O)CCS1(=O)=O. The van der Waals surface area contributed by atoms with Crippen molar-refractivity contribution in [1.29, 1.82) is 0 Å². The van der Waals surface area contributed by atoms with Crippen molar-refractivity contribution in [2.45, 2.75) is 18.6 Å². The van der Waals surface area contributed by atoms with Gasteiger partial charge in [-0.05, 0) is 13.3 Å². The summed E-state index contributed by atoms with van der Waals surface area (Å²) in [7, 11) is -2.92. The first-order valence-corrected chi connectivity index (χ1v) is 4.96. The van der Waals surface area contributed by atoms with E-state index in [1.165, 1.54) is 0 Å². The number of rotatable bonds is 1. The number of hydrogen-bond acceptors (Lipinski definition) is 3. The highest BCUT2D eigenvalue weighted by Gasteiger charge is 2.36. The number of carbonyl (C=O) groups excluding carboxylic acids is 1. The standard InChI is InChI=1S/C6H10O3S/c1-5-6(4-7)2-3-10(5,8)9/h4-6H,2-3H2,1H3. The van der Waals surface area contributed by atoms with Crippen molar-refractivity contribution in [2.24, 2.45) is 5.92 Å². The van der Waals surface area contributed by atoms with Gasteiger partial charge in [-0.25, -0.2) is 8.42 Å². The monoisotopic (exact) mass is 162 g/mol. The highest BCUT2D eigenvalue weighted by molar-refractivity contribution is 7.92. The minimum Gasteiger partial charge on any atom is -0.303 e. The first-order valence-electron chi connectivity index (χ1n) is 3.25. The van der Waals surface area contributed by atoms with Gasteiger partial charge in [-0.1, -0.05) is 0 Å². The molecule has 10 heavy (non-hydrogen) atoms. The third-order valence-electron chi connectivity index (χ3n) is 2.08. The fourth-order valence-corrected chi connectivity index (χ4v) is 2.87. The molecule has 58 valence electrons. The molecule has 1 aliphatic rings. The lowest BCUT2D eigenvalue weighted by Gasteiger charge is -2.03. The van der Waals surface area contributed by atoms with Crippen LogP contribution < -0.4 is 0 Å². The minimum absolute atomic E-state index is 0.178. The second-order valence-corrected chi connectivity index (χ2v) is 5.14. The van der Waals surface area contributed by atoms with Gasteiger partial charge in [0.2, 0.25) is 0 Å². The summed E-state index contributed by atoms with van der Waals surface area (Å²) in [4.78, 5) is 10.2. The van der Waals surface area contributed by atoms with E-state index in [2.05, 4.69) is 0 Å². The first kappa shape index (κ1) is 7.72. The molecule has 4 heteroatoms. The van der Waals surface area contributed by atoms with Gasteiger partial charge in [-0.3, -0.25) is 0 Å². The summed E-state index contributed by atoms with van der Waals surface area (Å²) < 4.78 is 21.9. The van der Waals surface area contributed by atoms with Crippen LogP contribution in [0.4, 0.5) is 0 Å². The normalized spacial score (nSPS) is 37.7. The quantitative estimate of drug-likeness (QED) is 0.510. The van der Waals surface area contributed by atoms with Gasteiger partial charge < -0.3 is 4.79 Å². The summed E-state index contributed by atoms with van der Waals surface area (Å²) in [6.45, 7) is 1.60. The molecule has 0 aliphatic carbocycles. The lowest BCUT2D eigenvalue weighted by atomic mass is 10.1. The van der Waals surface area contributed by atoms with Crippen LogP contribution in [0.2, 0.25) is 0 Å². The topological polar surface area (TPSA) is 51.2 Å².